The fourth-order valence-corrected chi connectivity index (χ4v) is 2.77. The molecule has 0 spiro atoms. The van der Waals surface area contributed by atoms with Gasteiger partial charge in [-0.15, -0.1) is 0 Å². The Morgan fingerprint density at radius 3 is 1.00 bits per heavy atom. The standard InChI is InChI=1S/C22H30O/c1-15(2)19-7-11-21(12-8-19)17(5)23-18(6)22-13-9-20(10-14-22)16(3)4/h7-18H,1-6H3. The van der Waals surface area contributed by atoms with Crippen LogP contribution in [0.2, 0.25) is 0 Å². The maximum atomic E-state index is 6.22. The molecule has 0 saturated heterocycles. The predicted molar refractivity (Wildman–Crippen MR) is 99.0 cm³/mol. The number of benzene rings is 2. The summed E-state index contributed by atoms with van der Waals surface area (Å²) in [6.45, 7) is 13.1. The van der Waals surface area contributed by atoms with Gasteiger partial charge in [-0.05, 0) is 47.9 Å². The maximum absolute atomic E-state index is 6.22. The van der Waals surface area contributed by atoms with Crippen LogP contribution >= 0.6 is 0 Å². The fraction of sp³-hybridized carbons (Fsp3) is 0.455. The quantitative estimate of drug-likeness (QED) is 0.572. The summed E-state index contributed by atoms with van der Waals surface area (Å²) < 4.78 is 6.22. The molecule has 0 heterocycles. The summed E-state index contributed by atoms with van der Waals surface area (Å²) >= 11 is 0. The number of rotatable bonds is 6. The van der Waals surface area contributed by atoms with Crippen molar-refractivity contribution >= 4 is 0 Å². The number of hydrogen-bond acceptors (Lipinski definition) is 1. The Morgan fingerprint density at radius 1 is 0.478 bits per heavy atom. The molecule has 0 amide bonds. The zero-order valence-corrected chi connectivity index (χ0v) is 15.3. The minimum Gasteiger partial charge on any atom is -0.366 e. The minimum absolute atomic E-state index is 0.0935. The van der Waals surface area contributed by atoms with Gasteiger partial charge in [0.2, 0.25) is 0 Å². The second-order valence-corrected chi connectivity index (χ2v) is 7.06. The topological polar surface area (TPSA) is 9.23 Å². The molecule has 23 heavy (non-hydrogen) atoms. The van der Waals surface area contributed by atoms with Gasteiger partial charge >= 0.3 is 0 Å². The predicted octanol–water partition coefficient (Wildman–Crippen LogP) is 6.77. The summed E-state index contributed by atoms with van der Waals surface area (Å²) in [6, 6.07) is 17.6. The SMILES string of the molecule is CC(C)c1ccc(C(C)OC(C)c2ccc(C(C)C)cc2)cc1. The first kappa shape index (κ1) is 17.7. The van der Waals surface area contributed by atoms with E-state index in [1.807, 2.05) is 0 Å². The highest BCUT2D eigenvalue weighted by atomic mass is 16.5. The highest BCUT2D eigenvalue weighted by Crippen LogP contribution is 2.28. The molecule has 2 unspecified atom stereocenters. The van der Waals surface area contributed by atoms with E-state index in [1.165, 1.54) is 22.3 Å². The molecule has 0 radical (unpaired) electrons. The molecule has 0 saturated carbocycles. The van der Waals surface area contributed by atoms with Crippen molar-refractivity contribution in [2.24, 2.45) is 0 Å². The molecular formula is C22H30O. The highest BCUT2D eigenvalue weighted by molar-refractivity contribution is 5.27. The molecule has 0 aliphatic rings. The van der Waals surface area contributed by atoms with Crippen molar-refractivity contribution in [1.82, 2.24) is 0 Å². The summed E-state index contributed by atoms with van der Waals surface area (Å²) in [5.74, 6) is 1.14. The van der Waals surface area contributed by atoms with Gasteiger partial charge in [-0.1, -0.05) is 76.2 Å². The third-order valence-electron chi connectivity index (χ3n) is 4.55. The number of hydrogen-bond donors (Lipinski definition) is 0. The van der Waals surface area contributed by atoms with Gasteiger partial charge in [0.25, 0.3) is 0 Å². The Hall–Kier alpha value is -1.60. The average molecular weight is 310 g/mol. The molecule has 1 heteroatoms. The number of ether oxygens (including phenoxy) is 1. The molecule has 2 atom stereocenters. The normalized spacial score (nSPS) is 14.3. The average Bonchev–Trinajstić information content (AvgIpc) is 2.54. The second-order valence-electron chi connectivity index (χ2n) is 7.06. The van der Waals surface area contributed by atoms with Crippen molar-refractivity contribution < 1.29 is 4.74 Å². The van der Waals surface area contributed by atoms with Crippen LogP contribution in [-0.4, -0.2) is 0 Å². The smallest absolute Gasteiger partial charge is 0.0805 e. The first-order valence-electron chi connectivity index (χ1n) is 8.73. The van der Waals surface area contributed by atoms with Gasteiger partial charge < -0.3 is 4.74 Å². The van der Waals surface area contributed by atoms with E-state index >= 15 is 0 Å². The molecule has 0 aromatic heterocycles. The second kappa shape index (κ2) is 7.79. The Morgan fingerprint density at radius 2 is 0.739 bits per heavy atom. The zero-order valence-electron chi connectivity index (χ0n) is 15.3. The lowest BCUT2D eigenvalue weighted by Crippen LogP contribution is -2.05. The van der Waals surface area contributed by atoms with Gasteiger partial charge in [0, 0.05) is 0 Å². The van der Waals surface area contributed by atoms with E-state index in [-0.39, 0.29) is 12.2 Å². The Kier molecular flexibility index (Phi) is 6.01. The lowest BCUT2D eigenvalue weighted by Gasteiger charge is -2.21. The molecule has 0 aliphatic carbocycles. The van der Waals surface area contributed by atoms with E-state index < -0.39 is 0 Å². The summed E-state index contributed by atoms with van der Waals surface area (Å²) in [5, 5.41) is 0. The molecular weight excluding hydrogens is 280 g/mol. The van der Waals surface area contributed by atoms with E-state index in [9.17, 15) is 0 Å². The van der Waals surface area contributed by atoms with Gasteiger partial charge in [-0.25, -0.2) is 0 Å². The van der Waals surface area contributed by atoms with E-state index in [2.05, 4.69) is 90.1 Å². The summed E-state index contributed by atoms with van der Waals surface area (Å²) in [5.41, 5.74) is 5.22. The monoisotopic (exact) mass is 310 g/mol. The molecule has 0 aliphatic heterocycles. The van der Waals surface area contributed by atoms with Crippen molar-refractivity contribution in [3.63, 3.8) is 0 Å². The third-order valence-corrected chi connectivity index (χ3v) is 4.55. The van der Waals surface area contributed by atoms with Gasteiger partial charge in [0.15, 0.2) is 0 Å². The van der Waals surface area contributed by atoms with Gasteiger partial charge in [-0.3, -0.25) is 0 Å². The Labute approximate surface area is 141 Å². The summed E-state index contributed by atoms with van der Waals surface area (Å²) in [6.07, 6.45) is 0.187. The lowest BCUT2D eigenvalue weighted by atomic mass is 9.99. The molecule has 0 fully saturated rings. The summed E-state index contributed by atoms with van der Waals surface area (Å²) in [4.78, 5) is 0. The third kappa shape index (κ3) is 4.68. The van der Waals surface area contributed by atoms with Crippen LogP contribution in [0.15, 0.2) is 48.5 Å². The fourth-order valence-electron chi connectivity index (χ4n) is 2.77. The van der Waals surface area contributed by atoms with Crippen molar-refractivity contribution in [1.29, 1.82) is 0 Å². The van der Waals surface area contributed by atoms with Crippen LogP contribution in [0.1, 0.15) is 87.8 Å². The minimum atomic E-state index is 0.0935. The Bertz CT molecular complexity index is 537. The molecule has 2 rings (SSSR count). The van der Waals surface area contributed by atoms with Gasteiger partial charge in [0.05, 0.1) is 12.2 Å². The van der Waals surface area contributed by atoms with Crippen LogP contribution in [0, 0.1) is 0 Å². The van der Waals surface area contributed by atoms with E-state index in [0.29, 0.717) is 11.8 Å². The lowest BCUT2D eigenvalue weighted by molar-refractivity contribution is 0.00584. The molecule has 1 nitrogen and oxygen atoms in total. The van der Waals surface area contributed by atoms with Crippen LogP contribution < -0.4 is 0 Å². The van der Waals surface area contributed by atoms with Crippen LogP contribution in [0.25, 0.3) is 0 Å². The van der Waals surface area contributed by atoms with Crippen molar-refractivity contribution in [2.75, 3.05) is 0 Å². The molecule has 124 valence electrons. The van der Waals surface area contributed by atoms with Crippen LogP contribution in [0.3, 0.4) is 0 Å². The molecule has 0 bridgehead atoms. The Balaban J connectivity index is 2.02. The van der Waals surface area contributed by atoms with Crippen molar-refractivity contribution in [3.05, 3.63) is 70.8 Å². The largest absolute Gasteiger partial charge is 0.366 e. The molecule has 0 N–H and O–H groups in total. The van der Waals surface area contributed by atoms with Crippen molar-refractivity contribution in [2.45, 2.75) is 65.6 Å². The zero-order chi connectivity index (χ0) is 17.0. The first-order valence-corrected chi connectivity index (χ1v) is 8.73. The van der Waals surface area contributed by atoms with Crippen LogP contribution in [0.4, 0.5) is 0 Å². The van der Waals surface area contributed by atoms with Crippen LogP contribution in [0.5, 0.6) is 0 Å². The van der Waals surface area contributed by atoms with Crippen LogP contribution in [-0.2, 0) is 4.74 Å². The van der Waals surface area contributed by atoms with Gasteiger partial charge in [-0.2, -0.15) is 0 Å². The maximum Gasteiger partial charge on any atom is 0.0805 e. The molecule has 2 aromatic rings. The van der Waals surface area contributed by atoms with E-state index in [4.69, 9.17) is 4.74 Å². The van der Waals surface area contributed by atoms with E-state index in [1.54, 1.807) is 0 Å². The highest BCUT2D eigenvalue weighted by Gasteiger charge is 2.13. The summed E-state index contributed by atoms with van der Waals surface area (Å²) in [7, 11) is 0. The first-order chi connectivity index (χ1) is 10.9. The molecule has 2 aromatic carbocycles. The van der Waals surface area contributed by atoms with Gasteiger partial charge in [0.1, 0.15) is 0 Å². The van der Waals surface area contributed by atoms with E-state index in [0.717, 1.165) is 0 Å². The van der Waals surface area contributed by atoms with Crippen molar-refractivity contribution in [3.8, 4) is 0 Å².